The van der Waals surface area contributed by atoms with Gasteiger partial charge >= 0.3 is 0 Å². The van der Waals surface area contributed by atoms with Gasteiger partial charge in [0.25, 0.3) is 0 Å². The Morgan fingerprint density at radius 2 is 2.00 bits per heavy atom. The van der Waals surface area contributed by atoms with Gasteiger partial charge in [0.15, 0.2) is 0 Å². The minimum absolute atomic E-state index is 0.0758. The molecule has 0 spiro atoms. The Morgan fingerprint density at radius 3 is 2.68 bits per heavy atom. The highest BCUT2D eigenvalue weighted by molar-refractivity contribution is 5.53. The van der Waals surface area contributed by atoms with E-state index in [2.05, 4.69) is 12.2 Å². The molecule has 0 radical (unpaired) electrons. The van der Waals surface area contributed by atoms with E-state index in [1.807, 2.05) is 25.3 Å². The number of benzene rings is 1. The molecule has 1 aromatic carbocycles. The summed E-state index contributed by atoms with van der Waals surface area (Å²) < 4.78 is 14.0. The van der Waals surface area contributed by atoms with E-state index in [0.29, 0.717) is 5.92 Å². The maximum absolute atomic E-state index is 14.0. The number of hydrogen-bond acceptors (Lipinski definition) is 1. The molecule has 1 aromatic rings. The highest BCUT2D eigenvalue weighted by Gasteiger charge is 2.20. The molecule has 1 saturated carbocycles. The van der Waals surface area contributed by atoms with Crippen LogP contribution in [0.4, 0.5) is 10.1 Å². The van der Waals surface area contributed by atoms with Crippen molar-refractivity contribution in [3.05, 3.63) is 41.9 Å². The highest BCUT2D eigenvalue weighted by Crippen LogP contribution is 2.33. The summed E-state index contributed by atoms with van der Waals surface area (Å²) >= 11 is 0. The largest absolute Gasteiger partial charge is 0.362 e. The van der Waals surface area contributed by atoms with E-state index < -0.39 is 0 Å². The van der Waals surface area contributed by atoms with Crippen LogP contribution < -0.4 is 5.32 Å². The van der Waals surface area contributed by atoms with Crippen LogP contribution in [-0.2, 0) is 6.42 Å². The Bertz CT molecular complexity index is 431. The first-order valence-corrected chi connectivity index (χ1v) is 7.35. The molecular formula is C17H24FN. The molecule has 19 heavy (non-hydrogen) atoms. The Balaban J connectivity index is 2.09. The molecule has 2 heteroatoms. The van der Waals surface area contributed by atoms with Gasteiger partial charge in [-0.3, -0.25) is 0 Å². The molecule has 0 atom stereocenters. The molecule has 0 aromatic heterocycles. The molecule has 1 fully saturated rings. The zero-order chi connectivity index (χ0) is 13.7. The molecule has 0 heterocycles. The quantitative estimate of drug-likeness (QED) is 0.791. The first kappa shape index (κ1) is 14.1. The molecule has 0 bridgehead atoms. The van der Waals surface area contributed by atoms with Crippen LogP contribution in [0.2, 0.25) is 0 Å². The van der Waals surface area contributed by atoms with E-state index in [0.717, 1.165) is 23.6 Å². The summed E-state index contributed by atoms with van der Waals surface area (Å²) in [5.41, 5.74) is 1.76. The maximum atomic E-state index is 14.0. The van der Waals surface area contributed by atoms with Gasteiger partial charge in [0, 0.05) is 11.3 Å². The summed E-state index contributed by atoms with van der Waals surface area (Å²) in [4.78, 5) is 0. The first-order chi connectivity index (χ1) is 9.20. The van der Waals surface area contributed by atoms with Crippen molar-refractivity contribution in [1.29, 1.82) is 0 Å². The molecule has 2 rings (SSSR count). The summed E-state index contributed by atoms with van der Waals surface area (Å²) in [5.74, 6) is 1.41. The molecular weight excluding hydrogens is 237 g/mol. The van der Waals surface area contributed by atoms with E-state index in [1.54, 1.807) is 12.1 Å². The molecule has 1 aliphatic rings. The highest BCUT2D eigenvalue weighted by atomic mass is 19.1. The van der Waals surface area contributed by atoms with Crippen molar-refractivity contribution in [3.63, 3.8) is 0 Å². The molecule has 0 unspecified atom stereocenters. The molecule has 1 nitrogen and oxygen atoms in total. The molecule has 104 valence electrons. The fourth-order valence-corrected chi connectivity index (χ4v) is 2.90. The first-order valence-electron chi connectivity index (χ1n) is 7.35. The minimum Gasteiger partial charge on any atom is -0.362 e. The van der Waals surface area contributed by atoms with E-state index >= 15 is 0 Å². The van der Waals surface area contributed by atoms with Gasteiger partial charge in [0.1, 0.15) is 5.82 Å². The Labute approximate surface area is 115 Å². The predicted molar refractivity (Wildman–Crippen MR) is 79.7 cm³/mol. The topological polar surface area (TPSA) is 12.0 Å². The van der Waals surface area contributed by atoms with Gasteiger partial charge in [-0.25, -0.2) is 4.39 Å². The average molecular weight is 261 g/mol. The molecule has 0 saturated heterocycles. The van der Waals surface area contributed by atoms with Crippen molar-refractivity contribution >= 4 is 5.69 Å². The lowest BCUT2D eigenvalue weighted by atomic mass is 9.80. The third kappa shape index (κ3) is 3.82. The third-order valence-corrected chi connectivity index (χ3v) is 4.15. The van der Waals surface area contributed by atoms with E-state index in [-0.39, 0.29) is 5.82 Å². The van der Waals surface area contributed by atoms with Crippen molar-refractivity contribution in [2.45, 2.75) is 46.0 Å². The van der Waals surface area contributed by atoms with Crippen molar-refractivity contribution in [2.75, 3.05) is 5.32 Å². The molecule has 1 aliphatic carbocycles. The summed E-state index contributed by atoms with van der Waals surface area (Å²) in [6, 6.07) is 5.30. The average Bonchev–Trinajstić information content (AvgIpc) is 2.42. The van der Waals surface area contributed by atoms with Crippen LogP contribution in [0.1, 0.15) is 45.1 Å². The van der Waals surface area contributed by atoms with Gasteiger partial charge in [-0.2, -0.15) is 0 Å². The molecule has 0 aliphatic heterocycles. The molecule has 0 amide bonds. The smallest absolute Gasteiger partial charge is 0.128 e. The van der Waals surface area contributed by atoms with Crippen LogP contribution in [-0.4, -0.2) is 0 Å². The number of hydrogen-bond donors (Lipinski definition) is 1. The van der Waals surface area contributed by atoms with Crippen LogP contribution in [0.3, 0.4) is 0 Å². The lowest BCUT2D eigenvalue weighted by Gasteiger charge is -2.27. The summed E-state index contributed by atoms with van der Waals surface area (Å²) in [7, 11) is 0. The van der Waals surface area contributed by atoms with Crippen LogP contribution in [0, 0.1) is 17.7 Å². The van der Waals surface area contributed by atoms with Crippen molar-refractivity contribution in [2.24, 2.45) is 11.8 Å². The number of allylic oxidation sites excluding steroid dienone is 1. The number of rotatable bonds is 4. The number of anilines is 1. The summed E-state index contributed by atoms with van der Waals surface area (Å²) in [6.07, 6.45) is 9.70. The minimum atomic E-state index is -0.0758. The fraction of sp³-hybridized carbons (Fsp3) is 0.529. The Kier molecular flexibility index (Phi) is 5.00. The lowest BCUT2D eigenvalue weighted by Crippen LogP contribution is -2.15. The second kappa shape index (κ2) is 6.74. The van der Waals surface area contributed by atoms with E-state index in [9.17, 15) is 4.39 Å². The third-order valence-electron chi connectivity index (χ3n) is 4.15. The van der Waals surface area contributed by atoms with Crippen LogP contribution in [0.25, 0.3) is 0 Å². The number of nitrogens with one attached hydrogen (secondary N) is 1. The second-order valence-corrected chi connectivity index (χ2v) is 5.74. The Hall–Kier alpha value is -1.31. The van der Waals surface area contributed by atoms with Crippen molar-refractivity contribution in [3.8, 4) is 0 Å². The van der Waals surface area contributed by atoms with Gasteiger partial charge in [-0.1, -0.05) is 31.9 Å². The van der Waals surface area contributed by atoms with Crippen LogP contribution >= 0.6 is 0 Å². The lowest BCUT2D eigenvalue weighted by molar-refractivity contribution is 0.287. The fourth-order valence-electron chi connectivity index (χ4n) is 2.90. The van der Waals surface area contributed by atoms with E-state index in [4.69, 9.17) is 0 Å². The standard InChI is InChI=1S/C17H24FN/c1-3-11-19-17-6-4-5-16(18)15(17)12-14-9-7-13(2)8-10-14/h3-6,11,13-14,19H,7-10,12H2,1-2H3/b11-3+. The Morgan fingerprint density at radius 1 is 1.26 bits per heavy atom. The van der Waals surface area contributed by atoms with Gasteiger partial charge in [-0.05, 0) is 56.4 Å². The van der Waals surface area contributed by atoms with Crippen LogP contribution in [0.5, 0.6) is 0 Å². The normalized spacial score (nSPS) is 23.7. The summed E-state index contributed by atoms with van der Waals surface area (Å²) in [5, 5.41) is 3.18. The van der Waals surface area contributed by atoms with Gasteiger partial charge in [0.2, 0.25) is 0 Å². The van der Waals surface area contributed by atoms with Crippen LogP contribution in [0.15, 0.2) is 30.5 Å². The van der Waals surface area contributed by atoms with Gasteiger partial charge in [0.05, 0.1) is 0 Å². The maximum Gasteiger partial charge on any atom is 0.128 e. The predicted octanol–water partition coefficient (Wildman–Crippen LogP) is 5.14. The zero-order valence-corrected chi connectivity index (χ0v) is 12.0. The van der Waals surface area contributed by atoms with E-state index in [1.165, 1.54) is 25.7 Å². The monoisotopic (exact) mass is 261 g/mol. The second-order valence-electron chi connectivity index (χ2n) is 5.74. The SMILES string of the molecule is C/C=C/Nc1cccc(F)c1CC1CCC(C)CC1. The van der Waals surface area contributed by atoms with Gasteiger partial charge in [-0.15, -0.1) is 0 Å². The van der Waals surface area contributed by atoms with Crippen molar-refractivity contribution in [1.82, 2.24) is 0 Å². The zero-order valence-electron chi connectivity index (χ0n) is 12.0. The van der Waals surface area contributed by atoms with Crippen molar-refractivity contribution < 1.29 is 4.39 Å². The van der Waals surface area contributed by atoms with Gasteiger partial charge < -0.3 is 5.32 Å². The number of halogens is 1. The summed E-state index contributed by atoms with van der Waals surface area (Å²) in [6.45, 7) is 4.27. The molecule has 1 N–H and O–H groups in total.